The van der Waals surface area contributed by atoms with Gasteiger partial charge in [0.15, 0.2) is 0 Å². The van der Waals surface area contributed by atoms with Crippen molar-refractivity contribution in [3.05, 3.63) is 99.6 Å². The Labute approximate surface area is 176 Å². The van der Waals surface area contributed by atoms with Crippen LogP contribution in [-0.4, -0.2) is 16.0 Å². The van der Waals surface area contributed by atoms with Gasteiger partial charge in [-0.05, 0) is 42.2 Å². The molecule has 1 atom stereocenters. The molecule has 0 fully saturated rings. The molecule has 0 radical (unpaired) electrons. The van der Waals surface area contributed by atoms with Gasteiger partial charge in [-0.3, -0.25) is 10.1 Å². The Balaban J connectivity index is 1.75. The van der Waals surface area contributed by atoms with Crippen LogP contribution in [0, 0.1) is 21.8 Å². The molecule has 30 heavy (non-hydrogen) atoms. The minimum Gasteiger partial charge on any atom is -0.342 e. The Morgan fingerprint density at radius 1 is 1.03 bits per heavy atom. The molecule has 0 aliphatic rings. The largest absolute Gasteiger partial charge is 0.342 e. The van der Waals surface area contributed by atoms with Crippen molar-refractivity contribution in [1.29, 1.82) is 0 Å². The van der Waals surface area contributed by atoms with E-state index in [-0.39, 0.29) is 16.4 Å². The van der Waals surface area contributed by atoms with Gasteiger partial charge < -0.3 is 9.47 Å². The van der Waals surface area contributed by atoms with E-state index in [1.807, 2.05) is 30.5 Å². The van der Waals surface area contributed by atoms with E-state index >= 15 is 0 Å². The highest BCUT2D eigenvalue weighted by Crippen LogP contribution is 2.13. The van der Waals surface area contributed by atoms with Gasteiger partial charge in [-0.15, -0.1) is 0 Å². The quantitative estimate of drug-likeness (QED) is 0.402. The van der Waals surface area contributed by atoms with Crippen molar-refractivity contribution in [1.82, 2.24) is 4.57 Å². The first kappa shape index (κ1) is 21.7. The summed E-state index contributed by atoms with van der Waals surface area (Å²) in [5.41, 5.74) is 3.36. The Morgan fingerprint density at radius 2 is 1.80 bits per heavy atom. The second-order valence-corrected chi connectivity index (χ2v) is 8.22. The van der Waals surface area contributed by atoms with Crippen LogP contribution in [0.1, 0.15) is 37.1 Å². The van der Waals surface area contributed by atoms with Crippen LogP contribution in [-0.2, 0) is 19.6 Å². The molecule has 158 valence electrons. The van der Waals surface area contributed by atoms with Crippen LogP contribution in [0.25, 0.3) is 0 Å². The summed E-state index contributed by atoms with van der Waals surface area (Å²) in [6.45, 7) is 7.66. The number of non-ortho nitro benzene ring substituents is 1. The molecule has 6 heteroatoms. The van der Waals surface area contributed by atoms with Crippen molar-refractivity contribution in [3.63, 3.8) is 0 Å². The van der Waals surface area contributed by atoms with E-state index in [0.717, 1.165) is 37.2 Å². The zero-order valence-electron chi connectivity index (χ0n) is 17.6. The maximum absolute atomic E-state index is 13.2. The molecule has 0 amide bonds. The van der Waals surface area contributed by atoms with E-state index in [0.29, 0.717) is 12.5 Å². The molecule has 2 aromatic carbocycles. The standard InChI is InChI=1S/C24H28FN3O2/c1-19(2)12-14-26(16-21-5-3-6-23(15-21)28(29)30)18-24-7-4-13-27(24)17-20-8-10-22(25)11-9-20/h3-11,13,15,19H,12,14,16-18H2,1-2H3/p+1. The number of rotatable bonds is 10. The minimum absolute atomic E-state index is 0.135. The second-order valence-electron chi connectivity index (χ2n) is 8.22. The molecular formula is C24H29FN3O2+. The van der Waals surface area contributed by atoms with E-state index in [9.17, 15) is 14.5 Å². The summed E-state index contributed by atoms with van der Waals surface area (Å²) in [6, 6.07) is 17.7. The summed E-state index contributed by atoms with van der Waals surface area (Å²) in [6.07, 6.45) is 3.13. The molecular weight excluding hydrogens is 381 g/mol. The molecule has 1 heterocycles. The van der Waals surface area contributed by atoms with Crippen LogP contribution < -0.4 is 4.90 Å². The average molecular weight is 411 g/mol. The summed E-state index contributed by atoms with van der Waals surface area (Å²) in [4.78, 5) is 12.1. The van der Waals surface area contributed by atoms with Crippen molar-refractivity contribution in [2.45, 2.75) is 39.9 Å². The Hall–Kier alpha value is -2.99. The smallest absolute Gasteiger partial charge is 0.269 e. The number of aromatic nitrogens is 1. The molecule has 0 bridgehead atoms. The predicted molar refractivity (Wildman–Crippen MR) is 116 cm³/mol. The van der Waals surface area contributed by atoms with Crippen molar-refractivity contribution in [2.24, 2.45) is 5.92 Å². The summed E-state index contributed by atoms with van der Waals surface area (Å²) < 4.78 is 15.4. The monoisotopic (exact) mass is 410 g/mol. The first-order valence-corrected chi connectivity index (χ1v) is 10.4. The third-order valence-corrected chi connectivity index (χ3v) is 5.27. The molecule has 0 aliphatic heterocycles. The maximum Gasteiger partial charge on any atom is 0.269 e. The van der Waals surface area contributed by atoms with E-state index in [4.69, 9.17) is 0 Å². The molecule has 0 saturated heterocycles. The van der Waals surface area contributed by atoms with Gasteiger partial charge in [-0.2, -0.15) is 0 Å². The van der Waals surface area contributed by atoms with Gasteiger partial charge in [0.25, 0.3) is 5.69 Å². The lowest BCUT2D eigenvalue weighted by atomic mass is 10.1. The number of quaternary nitrogens is 1. The Kier molecular flexibility index (Phi) is 7.36. The molecule has 5 nitrogen and oxygen atoms in total. The lowest BCUT2D eigenvalue weighted by Crippen LogP contribution is -3.09. The van der Waals surface area contributed by atoms with Gasteiger partial charge in [0, 0.05) is 30.4 Å². The van der Waals surface area contributed by atoms with E-state index in [1.165, 1.54) is 28.8 Å². The summed E-state index contributed by atoms with van der Waals surface area (Å²) in [5.74, 6) is 0.365. The van der Waals surface area contributed by atoms with Gasteiger partial charge in [-0.1, -0.05) is 38.1 Å². The molecule has 3 rings (SSSR count). The van der Waals surface area contributed by atoms with Crippen LogP contribution in [0.3, 0.4) is 0 Å². The molecule has 1 unspecified atom stereocenters. The molecule has 1 N–H and O–H groups in total. The number of hydrogen-bond donors (Lipinski definition) is 1. The van der Waals surface area contributed by atoms with Crippen LogP contribution >= 0.6 is 0 Å². The lowest BCUT2D eigenvalue weighted by Gasteiger charge is -2.22. The van der Waals surface area contributed by atoms with Crippen LogP contribution in [0.15, 0.2) is 66.9 Å². The average Bonchev–Trinajstić information content (AvgIpc) is 3.14. The van der Waals surface area contributed by atoms with E-state index in [1.54, 1.807) is 12.1 Å². The van der Waals surface area contributed by atoms with Crippen LogP contribution in [0.5, 0.6) is 0 Å². The molecule has 3 aromatic rings. The highest BCUT2D eigenvalue weighted by Gasteiger charge is 2.16. The van der Waals surface area contributed by atoms with Crippen molar-refractivity contribution >= 4 is 5.69 Å². The van der Waals surface area contributed by atoms with Gasteiger partial charge in [0.05, 0.1) is 17.2 Å². The Morgan fingerprint density at radius 3 is 2.50 bits per heavy atom. The first-order valence-electron chi connectivity index (χ1n) is 10.4. The van der Waals surface area contributed by atoms with E-state index in [2.05, 4.69) is 24.5 Å². The van der Waals surface area contributed by atoms with Gasteiger partial charge >= 0.3 is 0 Å². The number of hydrogen-bond acceptors (Lipinski definition) is 2. The number of benzene rings is 2. The molecule has 0 aliphatic carbocycles. The molecule has 0 saturated carbocycles. The SMILES string of the molecule is CC(C)CC[NH+](Cc1cccc([N+](=O)[O-])c1)Cc1cccn1Cc1ccc(F)cc1. The number of nitro benzene ring substituents is 1. The van der Waals surface area contributed by atoms with E-state index < -0.39 is 0 Å². The maximum atomic E-state index is 13.2. The third-order valence-electron chi connectivity index (χ3n) is 5.27. The topological polar surface area (TPSA) is 52.5 Å². The summed E-state index contributed by atoms with van der Waals surface area (Å²) in [7, 11) is 0. The van der Waals surface area contributed by atoms with Crippen LogP contribution in [0.2, 0.25) is 0 Å². The first-order chi connectivity index (χ1) is 14.4. The number of nitro groups is 1. The Bertz CT molecular complexity index is 967. The summed E-state index contributed by atoms with van der Waals surface area (Å²) in [5, 5.41) is 11.1. The highest BCUT2D eigenvalue weighted by atomic mass is 19.1. The highest BCUT2D eigenvalue weighted by molar-refractivity contribution is 5.33. The van der Waals surface area contributed by atoms with Crippen molar-refractivity contribution < 1.29 is 14.2 Å². The fourth-order valence-corrected chi connectivity index (χ4v) is 3.61. The van der Waals surface area contributed by atoms with Gasteiger partial charge in [0.1, 0.15) is 18.9 Å². The zero-order chi connectivity index (χ0) is 21.5. The zero-order valence-corrected chi connectivity index (χ0v) is 17.6. The van der Waals surface area contributed by atoms with Crippen molar-refractivity contribution in [3.8, 4) is 0 Å². The fourth-order valence-electron chi connectivity index (χ4n) is 3.61. The summed E-state index contributed by atoms with van der Waals surface area (Å²) >= 11 is 0. The van der Waals surface area contributed by atoms with Gasteiger partial charge in [-0.25, -0.2) is 4.39 Å². The second kappa shape index (κ2) is 10.2. The number of halogens is 1. The predicted octanol–water partition coefficient (Wildman–Crippen LogP) is 4.21. The lowest BCUT2D eigenvalue weighted by molar-refractivity contribution is -0.928. The number of nitrogens with zero attached hydrogens (tertiary/aromatic N) is 2. The molecule has 1 aromatic heterocycles. The van der Waals surface area contributed by atoms with Crippen molar-refractivity contribution in [2.75, 3.05) is 6.54 Å². The fraction of sp³-hybridized carbons (Fsp3) is 0.333. The normalized spacial score (nSPS) is 12.3. The number of nitrogens with one attached hydrogen (secondary N) is 1. The van der Waals surface area contributed by atoms with Gasteiger partial charge in [0.2, 0.25) is 0 Å². The molecule has 0 spiro atoms. The third kappa shape index (κ3) is 6.26. The van der Waals surface area contributed by atoms with Crippen LogP contribution in [0.4, 0.5) is 10.1 Å². The minimum atomic E-state index is -0.342.